The van der Waals surface area contributed by atoms with Crippen LogP contribution in [0.1, 0.15) is 16.7 Å². The van der Waals surface area contributed by atoms with E-state index in [4.69, 9.17) is 16.3 Å². The number of ether oxygens (including phenoxy) is 1. The second-order valence-electron chi connectivity index (χ2n) is 4.37. The summed E-state index contributed by atoms with van der Waals surface area (Å²) in [5.41, 5.74) is 3.27. The van der Waals surface area contributed by atoms with E-state index in [2.05, 4.69) is 16.8 Å². The summed E-state index contributed by atoms with van der Waals surface area (Å²) in [6.45, 7) is 2.67. The van der Waals surface area contributed by atoms with Crippen LogP contribution in [0.25, 0.3) is 0 Å². The van der Waals surface area contributed by atoms with E-state index in [1.54, 1.807) is 12.4 Å². The van der Waals surface area contributed by atoms with Crippen LogP contribution in [0.4, 0.5) is 0 Å². The topological polar surface area (TPSA) is 22.1 Å². The largest absolute Gasteiger partial charge is 0.493 e. The van der Waals surface area contributed by atoms with Gasteiger partial charge >= 0.3 is 0 Å². The molecule has 0 aliphatic carbocycles. The Hall–Kier alpha value is -1.98. The van der Waals surface area contributed by atoms with Crippen LogP contribution >= 0.6 is 11.6 Å². The Balaban J connectivity index is 1.93. The minimum atomic E-state index is 0.350. The molecule has 1 heterocycles. The molecule has 0 fully saturated rings. The molecule has 0 bridgehead atoms. The Bertz CT molecular complexity index is 614. The van der Waals surface area contributed by atoms with Crippen molar-refractivity contribution in [3.63, 3.8) is 0 Å². The molecule has 0 aliphatic rings. The highest BCUT2D eigenvalue weighted by Gasteiger charge is 2.00. The van der Waals surface area contributed by atoms with Crippen molar-refractivity contribution in [3.8, 4) is 17.6 Å². The first-order valence-electron chi connectivity index (χ1n) is 6.47. The van der Waals surface area contributed by atoms with Crippen LogP contribution in [0.15, 0.2) is 42.7 Å². The van der Waals surface area contributed by atoms with Gasteiger partial charge in [0, 0.05) is 24.4 Å². The molecule has 102 valence electrons. The Morgan fingerprint density at radius 1 is 1.20 bits per heavy atom. The maximum Gasteiger partial charge on any atom is 0.122 e. The van der Waals surface area contributed by atoms with Crippen molar-refractivity contribution in [1.29, 1.82) is 0 Å². The van der Waals surface area contributed by atoms with Crippen molar-refractivity contribution in [2.45, 2.75) is 13.3 Å². The van der Waals surface area contributed by atoms with Gasteiger partial charge in [-0.15, -0.1) is 11.6 Å². The van der Waals surface area contributed by atoms with E-state index >= 15 is 0 Å². The van der Waals surface area contributed by atoms with Crippen LogP contribution in [-0.2, 0) is 6.42 Å². The average molecular weight is 286 g/mol. The molecule has 0 amide bonds. The predicted molar refractivity (Wildman–Crippen MR) is 82.2 cm³/mol. The van der Waals surface area contributed by atoms with Crippen LogP contribution in [0.3, 0.4) is 0 Å². The lowest BCUT2D eigenvalue weighted by Gasteiger charge is -2.09. The van der Waals surface area contributed by atoms with E-state index in [1.807, 2.05) is 37.3 Å². The first-order valence-corrected chi connectivity index (χ1v) is 7.00. The minimum Gasteiger partial charge on any atom is -0.493 e. The molecule has 0 unspecified atom stereocenters. The van der Waals surface area contributed by atoms with Crippen molar-refractivity contribution >= 4 is 11.6 Å². The quantitative estimate of drug-likeness (QED) is 0.632. The highest BCUT2D eigenvalue weighted by molar-refractivity contribution is 6.19. The van der Waals surface area contributed by atoms with Crippen LogP contribution in [0.2, 0.25) is 0 Å². The van der Waals surface area contributed by atoms with E-state index in [-0.39, 0.29) is 0 Å². The predicted octanol–water partition coefficient (Wildman–Crippen LogP) is 3.60. The summed E-state index contributed by atoms with van der Waals surface area (Å²) < 4.78 is 5.81. The van der Waals surface area contributed by atoms with Gasteiger partial charge in [0.05, 0.1) is 12.5 Å². The zero-order valence-electron chi connectivity index (χ0n) is 11.4. The number of hydrogen-bond acceptors (Lipinski definition) is 2. The van der Waals surface area contributed by atoms with Crippen molar-refractivity contribution in [3.05, 3.63) is 59.4 Å². The van der Waals surface area contributed by atoms with Gasteiger partial charge in [0.25, 0.3) is 0 Å². The van der Waals surface area contributed by atoms with Gasteiger partial charge in [-0.25, -0.2) is 0 Å². The fourth-order valence-electron chi connectivity index (χ4n) is 1.85. The molecule has 2 aromatic rings. The third-order valence-electron chi connectivity index (χ3n) is 2.87. The van der Waals surface area contributed by atoms with Gasteiger partial charge in [-0.05, 0) is 48.4 Å². The molecule has 0 aliphatic heterocycles. The molecule has 1 aromatic heterocycles. The second-order valence-corrected chi connectivity index (χ2v) is 4.64. The zero-order chi connectivity index (χ0) is 14.2. The van der Waals surface area contributed by atoms with E-state index in [0.29, 0.717) is 12.5 Å². The first-order chi connectivity index (χ1) is 9.79. The number of halogens is 1. The lowest BCUT2D eigenvalue weighted by Crippen LogP contribution is -2.02. The van der Waals surface area contributed by atoms with Gasteiger partial charge in [-0.1, -0.05) is 11.8 Å². The van der Waals surface area contributed by atoms with Gasteiger partial charge in [0.15, 0.2) is 0 Å². The number of benzene rings is 1. The van der Waals surface area contributed by atoms with Gasteiger partial charge in [-0.3, -0.25) is 4.98 Å². The van der Waals surface area contributed by atoms with Gasteiger partial charge in [0.2, 0.25) is 0 Å². The average Bonchev–Trinajstić information content (AvgIpc) is 2.48. The van der Waals surface area contributed by atoms with E-state index in [1.165, 1.54) is 5.56 Å². The molecule has 0 saturated carbocycles. The molecule has 0 saturated heterocycles. The van der Waals surface area contributed by atoms with Gasteiger partial charge < -0.3 is 4.74 Å². The number of pyridine rings is 1. The monoisotopic (exact) mass is 285 g/mol. The highest BCUT2D eigenvalue weighted by Crippen LogP contribution is 2.19. The number of aryl methyl sites for hydroxylation is 1. The lowest BCUT2D eigenvalue weighted by molar-refractivity contribution is 0.320. The molecule has 3 heteroatoms. The summed E-state index contributed by atoms with van der Waals surface area (Å²) in [5.74, 6) is 7.09. The molecule has 20 heavy (non-hydrogen) atoms. The molecule has 0 spiro atoms. The van der Waals surface area contributed by atoms with Gasteiger partial charge in [0.1, 0.15) is 5.75 Å². The molecule has 2 nitrogen and oxygen atoms in total. The molecule has 0 radical (unpaired) electrons. The van der Waals surface area contributed by atoms with Gasteiger partial charge in [-0.2, -0.15) is 0 Å². The Morgan fingerprint density at radius 2 is 2.00 bits per heavy atom. The Morgan fingerprint density at radius 3 is 2.70 bits per heavy atom. The maximum atomic E-state index is 5.81. The normalized spacial score (nSPS) is 9.70. The number of hydrogen-bond donors (Lipinski definition) is 0. The van der Waals surface area contributed by atoms with Crippen molar-refractivity contribution < 1.29 is 4.74 Å². The summed E-state index contributed by atoms with van der Waals surface area (Å²) in [5, 5.41) is 0. The Labute approximate surface area is 124 Å². The van der Waals surface area contributed by atoms with Crippen molar-refractivity contribution in [1.82, 2.24) is 4.98 Å². The summed E-state index contributed by atoms with van der Waals surface area (Å²) in [6.07, 6.45) is 4.46. The van der Waals surface area contributed by atoms with Crippen molar-refractivity contribution in [2.24, 2.45) is 0 Å². The smallest absolute Gasteiger partial charge is 0.122 e. The number of rotatable bonds is 4. The minimum absolute atomic E-state index is 0.350. The highest BCUT2D eigenvalue weighted by atomic mass is 35.5. The molecular formula is C17H16ClNO. The van der Waals surface area contributed by atoms with E-state index in [9.17, 15) is 0 Å². The van der Waals surface area contributed by atoms with E-state index < -0.39 is 0 Å². The molecule has 1 aromatic carbocycles. The van der Waals surface area contributed by atoms with Crippen LogP contribution in [-0.4, -0.2) is 17.5 Å². The maximum absolute atomic E-state index is 5.81. The van der Waals surface area contributed by atoms with Crippen LogP contribution in [0.5, 0.6) is 5.75 Å². The number of aromatic nitrogens is 1. The number of nitrogens with zero attached hydrogens (tertiary/aromatic N) is 1. The third kappa shape index (κ3) is 4.29. The summed E-state index contributed by atoms with van der Waals surface area (Å²) >= 11 is 5.55. The van der Waals surface area contributed by atoms with Crippen LogP contribution < -0.4 is 4.74 Å². The number of alkyl halides is 1. The summed E-state index contributed by atoms with van der Waals surface area (Å²) in [4.78, 5) is 4.00. The second kappa shape index (κ2) is 7.57. The van der Waals surface area contributed by atoms with E-state index in [0.717, 1.165) is 23.3 Å². The standard InChI is InChI=1S/C17H16ClNO/c1-14-13-16(3-2-9-18)4-5-17(14)20-12-8-15-6-10-19-11-7-15/h4-7,10-11,13H,8-9,12H2,1H3. The fourth-order valence-corrected chi connectivity index (χ4v) is 1.92. The van der Waals surface area contributed by atoms with Crippen molar-refractivity contribution in [2.75, 3.05) is 12.5 Å². The zero-order valence-corrected chi connectivity index (χ0v) is 12.2. The van der Waals surface area contributed by atoms with Crippen LogP contribution in [0, 0.1) is 18.8 Å². The third-order valence-corrected chi connectivity index (χ3v) is 3.01. The first kappa shape index (κ1) is 14.4. The molecule has 0 N–H and O–H groups in total. The Kier molecular flexibility index (Phi) is 5.46. The molecule has 2 rings (SSSR count). The molecule has 0 atom stereocenters. The summed E-state index contributed by atoms with van der Waals surface area (Å²) in [6, 6.07) is 9.93. The molecular weight excluding hydrogens is 270 g/mol. The lowest BCUT2D eigenvalue weighted by atomic mass is 10.1. The SMILES string of the molecule is Cc1cc(C#CCCl)ccc1OCCc1ccncc1. The fraction of sp³-hybridized carbons (Fsp3) is 0.235. The summed E-state index contributed by atoms with van der Waals surface area (Å²) in [7, 11) is 0.